The second-order valence-electron chi connectivity index (χ2n) is 5.77. The Labute approximate surface area is 132 Å². The fraction of sp³-hybridized carbons (Fsp3) is 0.625. The van der Waals surface area contributed by atoms with Gasteiger partial charge in [-0.1, -0.05) is 25.3 Å². The van der Waals surface area contributed by atoms with Crippen LogP contribution < -0.4 is 9.47 Å². The van der Waals surface area contributed by atoms with E-state index in [1.807, 2.05) is 6.07 Å². The summed E-state index contributed by atoms with van der Waals surface area (Å²) in [5, 5.41) is 0. The highest BCUT2D eigenvalue weighted by atomic mass is 32.2. The zero-order valence-corrected chi connectivity index (χ0v) is 14.0. The van der Waals surface area contributed by atoms with Crippen LogP contribution in [0.15, 0.2) is 18.2 Å². The summed E-state index contributed by atoms with van der Waals surface area (Å²) in [5.74, 6) is 1.91. The Balaban J connectivity index is 1.96. The maximum atomic E-state index is 11.0. The van der Waals surface area contributed by atoms with Gasteiger partial charge in [0, 0.05) is 0 Å². The van der Waals surface area contributed by atoms with Crippen LogP contribution in [0.2, 0.25) is 0 Å². The smallest absolute Gasteiger partial charge is 0.264 e. The standard InChI is InChI=1S/C16H24O5S/c1-19-16-10-14(12-21-22(2,17)18)8-9-15(16)20-11-13-6-4-3-5-7-13/h8-10,13H,3-7,11-12H2,1-2H3. The third kappa shape index (κ3) is 5.50. The monoisotopic (exact) mass is 328 g/mol. The Morgan fingerprint density at radius 2 is 1.86 bits per heavy atom. The molecule has 6 heteroatoms. The number of hydrogen-bond donors (Lipinski definition) is 0. The van der Waals surface area contributed by atoms with Crippen molar-refractivity contribution in [2.45, 2.75) is 38.7 Å². The highest BCUT2D eigenvalue weighted by Crippen LogP contribution is 2.30. The van der Waals surface area contributed by atoms with E-state index in [1.165, 1.54) is 32.1 Å². The van der Waals surface area contributed by atoms with E-state index in [0.29, 0.717) is 24.0 Å². The fourth-order valence-electron chi connectivity index (χ4n) is 2.66. The first-order valence-corrected chi connectivity index (χ1v) is 9.43. The van der Waals surface area contributed by atoms with Crippen molar-refractivity contribution in [1.29, 1.82) is 0 Å². The summed E-state index contributed by atoms with van der Waals surface area (Å²) in [6, 6.07) is 5.36. The number of rotatable bonds is 7. The average Bonchev–Trinajstić information content (AvgIpc) is 2.51. The minimum absolute atomic E-state index is 0.00189. The Hall–Kier alpha value is -1.27. The first-order valence-electron chi connectivity index (χ1n) is 7.62. The van der Waals surface area contributed by atoms with Crippen molar-refractivity contribution in [3.8, 4) is 11.5 Å². The molecule has 0 radical (unpaired) electrons. The molecule has 0 heterocycles. The van der Waals surface area contributed by atoms with E-state index < -0.39 is 10.1 Å². The summed E-state index contributed by atoms with van der Waals surface area (Å²) >= 11 is 0. The van der Waals surface area contributed by atoms with Crippen molar-refractivity contribution in [1.82, 2.24) is 0 Å². The molecule has 1 aliphatic rings. The van der Waals surface area contributed by atoms with Gasteiger partial charge in [-0.05, 0) is 36.5 Å². The van der Waals surface area contributed by atoms with Crippen LogP contribution in [-0.4, -0.2) is 28.4 Å². The fourth-order valence-corrected chi connectivity index (χ4v) is 3.01. The van der Waals surface area contributed by atoms with Crippen molar-refractivity contribution in [2.24, 2.45) is 5.92 Å². The van der Waals surface area contributed by atoms with Gasteiger partial charge >= 0.3 is 0 Å². The summed E-state index contributed by atoms with van der Waals surface area (Å²) in [4.78, 5) is 0. The molecule has 2 rings (SSSR count). The molecule has 0 atom stereocenters. The molecule has 22 heavy (non-hydrogen) atoms. The molecule has 1 fully saturated rings. The predicted molar refractivity (Wildman–Crippen MR) is 84.7 cm³/mol. The van der Waals surface area contributed by atoms with Gasteiger partial charge in [-0.15, -0.1) is 0 Å². The third-order valence-electron chi connectivity index (χ3n) is 3.87. The molecular formula is C16H24O5S. The first-order chi connectivity index (χ1) is 10.5. The highest BCUT2D eigenvalue weighted by molar-refractivity contribution is 7.85. The number of benzene rings is 1. The molecule has 0 saturated heterocycles. The lowest BCUT2D eigenvalue weighted by molar-refractivity contribution is 0.202. The second kappa shape index (κ2) is 7.83. The Bertz CT molecular complexity index is 576. The van der Waals surface area contributed by atoms with Gasteiger partial charge in [0.05, 0.1) is 26.6 Å². The Kier molecular flexibility index (Phi) is 6.08. The van der Waals surface area contributed by atoms with Crippen LogP contribution in [0.4, 0.5) is 0 Å². The zero-order chi connectivity index (χ0) is 16.0. The third-order valence-corrected chi connectivity index (χ3v) is 4.41. The average molecular weight is 328 g/mol. The largest absolute Gasteiger partial charge is 0.493 e. The molecule has 0 aliphatic heterocycles. The van der Waals surface area contributed by atoms with Crippen LogP contribution >= 0.6 is 0 Å². The molecule has 1 aliphatic carbocycles. The van der Waals surface area contributed by atoms with Gasteiger partial charge in [-0.2, -0.15) is 8.42 Å². The summed E-state index contributed by atoms with van der Waals surface area (Å²) in [6.45, 7) is 0.702. The van der Waals surface area contributed by atoms with E-state index in [4.69, 9.17) is 13.7 Å². The SMILES string of the molecule is COc1cc(COS(C)(=O)=O)ccc1OCC1CCCCC1. The van der Waals surface area contributed by atoms with E-state index in [-0.39, 0.29) is 6.61 Å². The van der Waals surface area contributed by atoms with Crippen molar-refractivity contribution in [2.75, 3.05) is 20.0 Å². The Morgan fingerprint density at radius 1 is 1.14 bits per heavy atom. The highest BCUT2D eigenvalue weighted by Gasteiger charge is 2.15. The van der Waals surface area contributed by atoms with Gasteiger partial charge in [0.2, 0.25) is 0 Å². The quantitative estimate of drug-likeness (QED) is 0.720. The van der Waals surface area contributed by atoms with Crippen LogP contribution in [0, 0.1) is 5.92 Å². The molecule has 0 spiro atoms. The maximum absolute atomic E-state index is 11.0. The molecule has 0 aromatic heterocycles. The molecule has 0 N–H and O–H groups in total. The van der Waals surface area contributed by atoms with Gasteiger partial charge in [-0.3, -0.25) is 4.18 Å². The number of ether oxygens (including phenoxy) is 2. The van der Waals surface area contributed by atoms with Crippen LogP contribution in [0.3, 0.4) is 0 Å². The van der Waals surface area contributed by atoms with Crippen LogP contribution in [0.1, 0.15) is 37.7 Å². The second-order valence-corrected chi connectivity index (χ2v) is 7.41. The minimum atomic E-state index is -3.45. The van der Waals surface area contributed by atoms with Gasteiger partial charge in [0.25, 0.3) is 10.1 Å². The van der Waals surface area contributed by atoms with Crippen LogP contribution in [0.5, 0.6) is 11.5 Å². The summed E-state index contributed by atoms with van der Waals surface area (Å²) in [6.07, 6.45) is 7.38. The predicted octanol–water partition coefficient (Wildman–Crippen LogP) is 3.13. The van der Waals surface area contributed by atoms with Gasteiger partial charge in [0.1, 0.15) is 0 Å². The molecule has 1 aromatic carbocycles. The minimum Gasteiger partial charge on any atom is -0.493 e. The lowest BCUT2D eigenvalue weighted by Crippen LogP contribution is -2.15. The summed E-state index contributed by atoms with van der Waals surface area (Å²) in [5.41, 5.74) is 0.729. The zero-order valence-electron chi connectivity index (χ0n) is 13.2. The normalized spacial score (nSPS) is 16.5. The molecular weight excluding hydrogens is 304 g/mol. The van der Waals surface area contributed by atoms with Crippen molar-refractivity contribution in [3.05, 3.63) is 23.8 Å². The van der Waals surface area contributed by atoms with E-state index in [9.17, 15) is 8.42 Å². The number of methoxy groups -OCH3 is 1. The molecule has 1 aromatic rings. The van der Waals surface area contributed by atoms with Crippen molar-refractivity contribution >= 4 is 10.1 Å². The van der Waals surface area contributed by atoms with Gasteiger partial charge < -0.3 is 9.47 Å². The molecule has 124 valence electrons. The van der Waals surface area contributed by atoms with E-state index in [1.54, 1.807) is 19.2 Å². The van der Waals surface area contributed by atoms with Crippen molar-refractivity contribution < 1.29 is 22.1 Å². The van der Waals surface area contributed by atoms with E-state index in [2.05, 4.69) is 0 Å². The van der Waals surface area contributed by atoms with E-state index >= 15 is 0 Å². The van der Waals surface area contributed by atoms with Gasteiger partial charge in [-0.25, -0.2) is 0 Å². The maximum Gasteiger partial charge on any atom is 0.264 e. The van der Waals surface area contributed by atoms with E-state index in [0.717, 1.165) is 11.8 Å². The molecule has 5 nitrogen and oxygen atoms in total. The van der Waals surface area contributed by atoms with Crippen LogP contribution in [-0.2, 0) is 20.9 Å². The number of hydrogen-bond acceptors (Lipinski definition) is 5. The lowest BCUT2D eigenvalue weighted by atomic mass is 9.90. The van der Waals surface area contributed by atoms with Crippen molar-refractivity contribution in [3.63, 3.8) is 0 Å². The Morgan fingerprint density at radius 3 is 2.50 bits per heavy atom. The first kappa shape index (κ1) is 17.1. The molecule has 0 amide bonds. The molecule has 1 saturated carbocycles. The summed E-state index contributed by atoms with van der Waals surface area (Å²) in [7, 11) is -1.88. The summed E-state index contributed by atoms with van der Waals surface area (Å²) < 4.78 is 38.0. The van der Waals surface area contributed by atoms with Gasteiger partial charge in [0.15, 0.2) is 11.5 Å². The molecule has 0 unspecified atom stereocenters. The topological polar surface area (TPSA) is 61.8 Å². The lowest BCUT2D eigenvalue weighted by Gasteiger charge is -2.22. The molecule has 0 bridgehead atoms. The van der Waals surface area contributed by atoms with Crippen LogP contribution in [0.25, 0.3) is 0 Å².